The van der Waals surface area contributed by atoms with E-state index in [4.69, 9.17) is 23.2 Å². The molecule has 0 saturated carbocycles. The lowest BCUT2D eigenvalue weighted by molar-refractivity contribution is 0.102. The first-order chi connectivity index (χ1) is 12.6. The molecule has 0 fully saturated rings. The van der Waals surface area contributed by atoms with Crippen LogP contribution in [-0.4, -0.2) is 10.9 Å². The maximum Gasteiger partial charge on any atom is 0.257 e. The molecule has 128 valence electrons. The zero-order chi connectivity index (χ0) is 18.1. The molecule has 1 amide bonds. The van der Waals surface area contributed by atoms with E-state index in [9.17, 15) is 4.79 Å². The van der Waals surface area contributed by atoms with Crippen molar-refractivity contribution in [3.05, 3.63) is 81.7 Å². The van der Waals surface area contributed by atoms with Crippen LogP contribution in [0.15, 0.2) is 66.0 Å². The van der Waals surface area contributed by atoms with E-state index >= 15 is 0 Å². The number of aromatic nitrogens is 1. The van der Waals surface area contributed by atoms with E-state index in [2.05, 4.69) is 28.5 Å². The largest absolute Gasteiger partial charge is 0.298 e. The fraction of sp³-hybridized carbons (Fsp3) is 0. The number of rotatable bonds is 3. The zero-order valence-corrected chi connectivity index (χ0v) is 15.7. The Morgan fingerprint density at radius 2 is 1.69 bits per heavy atom. The highest BCUT2D eigenvalue weighted by Crippen LogP contribution is 2.31. The van der Waals surface area contributed by atoms with Gasteiger partial charge in [0, 0.05) is 26.6 Å². The van der Waals surface area contributed by atoms with Gasteiger partial charge in [-0.05, 0) is 29.0 Å². The van der Waals surface area contributed by atoms with E-state index in [0.29, 0.717) is 20.7 Å². The van der Waals surface area contributed by atoms with Gasteiger partial charge in [-0.15, -0.1) is 11.3 Å². The van der Waals surface area contributed by atoms with Crippen molar-refractivity contribution in [3.63, 3.8) is 0 Å². The summed E-state index contributed by atoms with van der Waals surface area (Å²) < 4.78 is 0. The average molecular weight is 399 g/mol. The Labute approximate surface area is 164 Å². The van der Waals surface area contributed by atoms with E-state index in [1.165, 1.54) is 11.3 Å². The summed E-state index contributed by atoms with van der Waals surface area (Å²) in [4.78, 5) is 17.0. The predicted octanol–water partition coefficient (Wildman–Crippen LogP) is 6.52. The number of thiazole rings is 1. The van der Waals surface area contributed by atoms with Crippen LogP contribution < -0.4 is 5.32 Å². The van der Waals surface area contributed by atoms with E-state index in [1.807, 2.05) is 29.6 Å². The molecule has 3 nitrogen and oxygen atoms in total. The minimum Gasteiger partial charge on any atom is -0.298 e. The summed E-state index contributed by atoms with van der Waals surface area (Å²) in [5.41, 5.74) is 2.25. The molecule has 0 radical (unpaired) electrons. The van der Waals surface area contributed by atoms with Gasteiger partial charge < -0.3 is 0 Å². The number of nitrogens with one attached hydrogen (secondary N) is 1. The minimum atomic E-state index is -0.298. The van der Waals surface area contributed by atoms with Crippen molar-refractivity contribution in [2.24, 2.45) is 0 Å². The van der Waals surface area contributed by atoms with Crippen LogP contribution in [0.5, 0.6) is 0 Å². The van der Waals surface area contributed by atoms with Crippen LogP contribution in [0.1, 0.15) is 10.4 Å². The highest BCUT2D eigenvalue weighted by atomic mass is 35.5. The second kappa shape index (κ2) is 7.08. The van der Waals surface area contributed by atoms with Crippen LogP contribution in [-0.2, 0) is 0 Å². The Balaban J connectivity index is 1.63. The first-order valence-corrected chi connectivity index (χ1v) is 9.45. The van der Waals surface area contributed by atoms with Gasteiger partial charge in [0.1, 0.15) is 0 Å². The topological polar surface area (TPSA) is 42.0 Å². The Bertz CT molecular complexity index is 1100. The molecule has 0 unspecified atom stereocenters. The van der Waals surface area contributed by atoms with Crippen molar-refractivity contribution >= 4 is 56.3 Å². The molecule has 0 atom stereocenters. The average Bonchev–Trinajstić information content (AvgIpc) is 3.08. The number of hydrogen-bond donors (Lipinski definition) is 1. The molecular weight excluding hydrogens is 387 g/mol. The first kappa shape index (κ1) is 17.0. The van der Waals surface area contributed by atoms with Gasteiger partial charge in [-0.2, -0.15) is 0 Å². The lowest BCUT2D eigenvalue weighted by Gasteiger charge is -2.04. The molecule has 0 aliphatic heterocycles. The molecule has 4 rings (SSSR count). The summed E-state index contributed by atoms with van der Waals surface area (Å²) in [5, 5.41) is 8.36. The number of carbonyl (C=O) groups excluding carboxylic acids is 1. The third-order valence-corrected chi connectivity index (χ3v) is 5.11. The Morgan fingerprint density at radius 3 is 2.50 bits per heavy atom. The number of nitrogens with zero attached hydrogens (tertiary/aromatic N) is 1. The summed E-state index contributed by atoms with van der Waals surface area (Å²) >= 11 is 13.3. The van der Waals surface area contributed by atoms with Crippen LogP contribution in [0, 0.1) is 0 Å². The summed E-state index contributed by atoms with van der Waals surface area (Å²) in [6, 6.07) is 19.0. The van der Waals surface area contributed by atoms with Gasteiger partial charge in [0.2, 0.25) is 0 Å². The second-order valence-corrected chi connectivity index (χ2v) is 7.41. The SMILES string of the molecule is O=C(Nc1nc(-c2cccc3ccccc23)cs1)c1cc(Cl)cc(Cl)c1. The van der Waals surface area contributed by atoms with Crippen molar-refractivity contribution in [2.45, 2.75) is 0 Å². The lowest BCUT2D eigenvalue weighted by Crippen LogP contribution is -2.11. The van der Waals surface area contributed by atoms with Crippen LogP contribution in [0.3, 0.4) is 0 Å². The van der Waals surface area contributed by atoms with Crippen LogP contribution >= 0.6 is 34.5 Å². The molecule has 1 N–H and O–H groups in total. The normalized spacial score (nSPS) is 10.8. The Hall–Kier alpha value is -2.40. The van der Waals surface area contributed by atoms with Gasteiger partial charge in [0.25, 0.3) is 5.91 Å². The number of fused-ring (bicyclic) bond motifs is 1. The Kier molecular flexibility index (Phi) is 4.64. The second-order valence-electron chi connectivity index (χ2n) is 5.68. The molecule has 0 saturated heterocycles. The van der Waals surface area contributed by atoms with Crippen LogP contribution in [0.25, 0.3) is 22.0 Å². The number of hydrogen-bond acceptors (Lipinski definition) is 3. The van der Waals surface area contributed by atoms with Crippen molar-refractivity contribution in [2.75, 3.05) is 5.32 Å². The summed E-state index contributed by atoms with van der Waals surface area (Å²) in [6.07, 6.45) is 0. The number of carbonyl (C=O) groups is 1. The molecule has 4 aromatic rings. The highest BCUT2D eigenvalue weighted by molar-refractivity contribution is 7.14. The summed E-state index contributed by atoms with van der Waals surface area (Å²) in [7, 11) is 0. The number of benzene rings is 3. The molecule has 3 aromatic carbocycles. The fourth-order valence-corrected chi connectivity index (χ4v) is 3.99. The van der Waals surface area contributed by atoms with Crippen molar-refractivity contribution in [3.8, 4) is 11.3 Å². The molecule has 0 spiro atoms. The molecule has 0 aliphatic rings. The molecular formula is C20H12Cl2N2OS. The maximum atomic E-state index is 12.4. The quantitative estimate of drug-likeness (QED) is 0.426. The standard InChI is InChI=1S/C20H12Cl2N2OS/c21-14-8-13(9-15(22)10-14)19(25)24-20-23-18(11-26-20)17-7-3-5-12-4-1-2-6-16(12)17/h1-11H,(H,23,24,25). The number of halogens is 2. The van der Waals surface area contributed by atoms with Crippen LogP contribution in [0.4, 0.5) is 5.13 Å². The highest BCUT2D eigenvalue weighted by Gasteiger charge is 2.12. The molecule has 0 aliphatic carbocycles. The van der Waals surface area contributed by atoms with Crippen molar-refractivity contribution < 1.29 is 4.79 Å². The van der Waals surface area contributed by atoms with Gasteiger partial charge in [0.05, 0.1) is 5.69 Å². The van der Waals surface area contributed by atoms with E-state index in [0.717, 1.165) is 22.0 Å². The predicted molar refractivity (Wildman–Crippen MR) is 109 cm³/mol. The molecule has 0 bridgehead atoms. The van der Waals surface area contributed by atoms with E-state index < -0.39 is 0 Å². The monoisotopic (exact) mass is 398 g/mol. The van der Waals surface area contributed by atoms with Gasteiger partial charge in [-0.3, -0.25) is 10.1 Å². The summed E-state index contributed by atoms with van der Waals surface area (Å²) in [6.45, 7) is 0. The number of anilines is 1. The molecule has 1 heterocycles. The smallest absolute Gasteiger partial charge is 0.257 e. The molecule has 26 heavy (non-hydrogen) atoms. The molecule has 1 aromatic heterocycles. The van der Waals surface area contributed by atoms with E-state index in [-0.39, 0.29) is 5.91 Å². The van der Waals surface area contributed by atoms with Gasteiger partial charge >= 0.3 is 0 Å². The maximum absolute atomic E-state index is 12.4. The molecule has 6 heteroatoms. The van der Waals surface area contributed by atoms with Crippen LogP contribution in [0.2, 0.25) is 10.0 Å². The minimum absolute atomic E-state index is 0.298. The fourth-order valence-electron chi connectivity index (χ4n) is 2.76. The zero-order valence-electron chi connectivity index (χ0n) is 13.4. The van der Waals surface area contributed by atoms with Crippen molar-refractivity contribution in [1.82, 2.24) is 4.98 Å². The van der Waals surface area contributed by atoms with E-state index in [1.54, 1.807) is 18.2 Å². The third-order valence-electron chi connectivity index (χ3n) is 3.91. The van der Waals surface area contributed by atoms with Gasteiger partial charge in [-0.1, -0.05) is 65.7 Å². The lowest BCUT2D eigenvalue weighted by atomic mass is 10.0. The third kappa shape index (κ3) is 3.44. The van der Waals surface area contributed by atoms with Gasteiger partial charge in [0.15, 0.2) is 5.13 Å². The number of amides is 1. The summed E-state index contributed by atoms with van der Waals surface area (Å²) in [5.74, 6) is -0.298. The van der Waals surface area contributed by atoms with Gasteiger partial charge in [-0.25, -0.2) is 4.98 Å². The Morgan fingerprint density at radius 1 is 0.962 bits per heavy atom. The first-order valence-electron chi connectivity index (χ1n) is 7.81. The van der Waals surface area contributed by atoms with Crippen molar-refractivity contribution in [1.29, 1.82) is 0 Å².